The molecule has 16 rings (SSSR count). The molecule has 0 unspecified atom stereocenters. The third-order valence-electron chi connectivity index (χ3n) is 19.9. The van der Waals surface area contributed by atoms with Crippen LogP contribution in [0.5, 0.6) is 0 Å². The van der Waals surface area contributed by atoms with Crippen molar-refractivity contribution in [2.45, 2.75) is 66.0 Å². The number of hydrogen-bond acceptors (Lipinski definition) is 15. The highest BCUT2D eigenvalue weighted by atomic mass is 16.5. The van der Waals surface area contributed by atoms with Crippen LogP contribution in [0.3, 0.4) is 0 Å². The van der Waals surface area contributed by atoms with E-state index < -0.39 is 11.2 Å². The van der Waals surface area contributed by atoms with Gasteiger partial charge in [-0.05, 0) is 195 Å². The summed E-state index contributed by atoms with van der Waals surface area (Å²) in [6.45, 7) is 20.7. The molecule has 103 heavy (non-hydrogen) atoms. The van der Waals surface area contributed by atoms with Crippen LogP contribution in [0.25, 0.3) is 50.7 Å². The summed E-state index contributed by atoms with van der Waals surface area (Å²) in [5, 5.41) is 16.0. The van der Waals surface area contributed by atoms with Crippen LogP contribution in [-0.2, 0) is 16.1 Å². The van der Waals surface area contributed by atoms with Gasteiger partial charge in [0, 0.05) is 161 Å². The first-order valence-electron chi connectivity index (χ1n) is 35.3. The molecule has 7 N–H and O–H groups in total. The van der Waals surface area contributed by atoms with Gasteiger partial charge in [-0.25, -0.2) is 19.7 Å². The molecule has 0 radical (unpaired) electrons. The fourth-order valence-electron chi connectivity index (χ4n) is 14.2. The summed E-state index contributed by atoms with van der Waals surface area (Å²) in [5.41, 5.74) is 19.8. The quantitative estimate of drug-likeness (QED) is 0.0504. The van der Waals surface area contributed by atoms with Crippen LogP contribution in [0.15, 0.2) is 199 Å². The number of benzene rings is 5. The number of carbonyl (C=O) groups excluding carboxylic acids is 3. The molecule has 12 aromatic rings. The first kappa shape index (κ1) is 68.3. The van der Waals surface area contributed by atoms with E-state index in [1.54, 1.807) is 25.6 Å². The maximum Gasteiger partial charge on any atom is 0.325 e. The fourth-order valence-corrected chi connectivity index (χ4v) is 14.2. The number of carbonyl (C=O) groups is 3. The Bertz CT molecular complexity index is 5170. The molecule has 0 bridgehead atoms. The lowest BCUT2D eigenvalue weighted by molar-refractivity contribution is -0.125. The highest BCUT2D eigenvalue weighted by Gasteiger charge is 2.28. The van der Waals surface area contributed by atoms with Gasteiger partial charge >= 0.3 is 5.69 Å². The molecule has 23 heteroatoms. The van der Waals surface area contributed by atoms with Crippen LogP contribution < -0.4 is 47.6 Å². The number of piperidine rings is 1. The standard InChI is InChI=1S/C30H37N5.C29H28N6O3.C21H20N6O3/c1-21(2)27-20-24(7-6-23(27)5)29-13-12-28(30-31-14-15-35(29)30)32-25-8-10-26(11-9-25)34-18-16-33(17-19-34)22(3)4;1-30-27(36)18-10-13-34(14-11-18)29(38)19-2-5-22(6-3-19)33-24-8-9-25(35-15-12-31-26(24)35)20-4-7-23-21(16-20)17-32-28(23)37;28-20-16(13-23-21(29)25-20)18-6-5-17(19-22-7-8-27(18)19)24-14-1-3-15(4-2-14)26-9-11-30-12-10-26/h6-15,20-22,32H,16-19H2,1-5H3;2-9,12,15-16,18,33H,10-11,13-14,17H2,1H3,(H,30,36)(H,32,37);1-8,13,24H,9-12H2,(H2,23,25,28,29). The van der Waals surface area contributed by atoms with Crippen molar-refractivity contribution >= 4 is 80.2 Å². The van der Waals surface area contributed by atoms with Crippen molar-refractivity contribution in [3.63, 3.8) is 0 Å². The number of rotatable bonds is 15. The molecule has 526 valence electrons. The summed E-state index contributed by atoms with van der Waals surface area (Å²) < 4.78 is 11.4. The highest BCUT2D eigenvalue weighted by Crippen LogP contribution is 2.35. The van der Waals surface area contributed by atoms with Gasteiger partial charge in [-0.2, -0.15) is 0 Å². The fraction of sp³-hybridized carbons (Fsp3) is 0.275. The number of piperazine rings is 1. The Morgan fingerprint density at radius 3 is 1.58 bits per heavy atom. The van der Waals surface area contributed by atoms with Gasteiger partial charge in [0.05, 0.1) is 52.9 Å². The van der Waals surface area contributed by atoms with Crippen molar-refractivity contribution in [3.05, 3.63) is 238 Å². The van der Waals surface area contributed by atoms with Crippen LogP contribution >= 0.6 is 0 Å². The van der Waals surface area contributed by atoms with Gasteiger partial charge in [-0.1, -0.05) is 32.0 Å². The van der Waals surface area contributed by atoms with Crippen molar-refractivity contribution in [1.29, 1.82) is 0 Å². The third-order valence-corrected chi connectivity index (χ3v) is 19.9. The molecule has 3 saturated heterocycles. The van der Waals surface area contributed by atoms with Crippen LogP contribution in [0.1, 0.15) is 83.9 Å². The summed E-state index contributed by atoms with van der Waals surface area (Å²) in [6.07, 6.45) is 13.8. The average molecular weight is 1380 g/mol. The summed E-state index contributed by atoms with van der Waals surface area (Å²) >= 11 is 0. The van der Waals surface area contributed by atoms with E-state index in [1.165, 1.54) is 34.3 Å². The minimum absolute atomic E-state index is 0.0156. The summed E-state index contributed by atoms with van der Waals surface area (Å²) in [6, 6.07) is 49.8. The van der Waals surface area contributed by atoms with Crippen LogP contribution in [0.4, 0.5) is 45.5 Å². The maximum absolute atomic E-state index is 13.0. The lowest BCUT2D eigenvalue weighted by Crippen LogP contribution is -2.48. The minimum atomic E-state index is -0.538. The van der Waals surface area contributed by atoms with Crippen molar-refractivity contribution in [2.75, 3.05) is 98.4 Å². The molecule has 0 atom stereocenters. The van der Waals surface area contributed by atoms with E-state index in [0.717, 1.165) is 126 Å². The Labute approximate surface area is 596 Å². The van der Waals surface area contributed by atoms with Gasteiger partial charge < -0.3 is 51.0 Å². The molecule has 4 aliphatic heterocycles. The van der Waals surface area contributed by atoms with E-state index in [0.29, 0.717) is 66.9 Å². The number of morpholine rings is 1. The number of fused-ring (bicyclic) bond motifs is 4. The predicted octanol–water partition coefficient (Wildman–Crippen LogP) is 12.3. The second-order valence-electron chi connectivity index (χ2n) is 27.0. The largest absolute Gasteiger partial charge is 0.378 e. The second kappa shape index (κ2) is 30.2. The number of imidazole rings is 3. The number of aromatic amines is 2. The van der Waals surface area contributed by atoms with E-state index in [-0.39, 0.29) is 23.6 Å². The number of H-pyrrole nitrogens is 2. The number of nitrogens with one attached hydrogen (secondary N) is 7. The van der Waals surface area contributed by atoms with Crippen LogP contribution in [-0.4, -0.2) is 144 Å². The number of aryl methyl sites for hydroxylation is 1. The van der Waals surface area contributed by atoms with Gasteiger partial charge in [0.2, 0.25) is 5.91 Å². The topological polar surface area (TPSA) is 251 Å². The molecule has 0 aliphatic carbocycles. The smallest absolute Gasteiger partial charge is 0.325 e. The predicted molar refractivity (Wildman–Crippen MR) is 407 cm³/mol. The molecule has 3 amide bonds. The van der Waals surface area contributed by atoms with E-state index in [9.17, 15) is 24.0 Å². The number of likely N-dealkylation sites (tertiary alicyclic amines) is 1. The molecular weight excluding hydrogens is 1290 g/mol. The normalized spacial score (nSPS) is 14.8. The van der Waals surface area contributed by atoms with Crippen LogP contribution in [0, 0.1) is 12.8 Å². The van der Waals surface area contributed by atoms with Gasteiger partial charge in [0.25, 0.3) is 17.4 Å². The van der Waals surface area contributed by atoms with Crippen molar-refractivity contribution in [3.8, 4) is 33.8 Å². The first-order valence-corrected chi connectivity index (χ1v) is 35.3. The molecule has 0 saturated carbocycles. The average Bonchev–Trinajstić information content (AvgIpc) is 1.70. The van der Waals surface area contributed by atoms with Gasteiger partial charge in [-0.15, -0.1) is 0 Å². The number of ether oxygens (including phenoxy) is 1. The minimum Gasteiger partial charge on any atom is -0.378 e. The summed E-state index contributed by atoms with van der Waals surface area (Å²) in [4.78, 5) is 87.9. The highest BCUT2D eigenvalue weighted by molar-refractivity contribution is 5.99. The lowest BCUT2D eigenvalue weighted by atomic mass is 9.95. The Kier molecular flexibility index (Phi) is 20.0. The molecule has 4 aliphatic rings. The number of aromatic nitrogens is 8. The number of nitrogens with zero attached hydrogens (tertiary/aromatic N) is 10. The SMILES string of the molecule is CNC(=O)C1CCN(C(=O)c2ccc(Nc3ccc(-c4ccc5c(c4)CNC5=O)n4ccnc34)cc2)CC1.Cc1ccc(-c2ccc(Nc3ccc(N4CCN(C(C)C)CC4)cc3)c3nccn23)cc1C(C)C.O=c1[nH]cc(-c2ccc(Nc3ccc(N4CCOCC4)cc3)c3nccn23)c(=O)[nH]1. The van der Waals surface area contributed by atoms with Crippen molar-refractivity contribution in [2.24, 2.45) is 5.92 Å². The summed E-state index contributed by atoms with van der Waals surface area (Å²) in [7, 11) is 1.65. The molecule has 3 fully saturated rings. The lowest BCUT2D eigenvalue weighted by Gasteiger charge is -2.38. The maximum atomic E-state index is 13.0. The number of pyridine rings is 3. The molecule has 7 aromatic heterocycles. The zero-order chi connectivity index (χ0) is 71.3. The number of amides is 3. The Morgan fingerprint density at radius 2 is 1.06 bits per heavy atom. The van der Waals surface area contributed by atoms with E-state index in [4.69, 9.17) is 4.74 Å². The number of hydrogen-bond donors (Lipinski definition) is 7. The monoisotopic (exact) mass is 1380 g/mol. The van der Waals surface area contributed by atoms with Gasteiger partial charge in [0.1, 0.15) is 0 Å². The zero-order valence-corrected chi connectivity index (χ0v) is 58.7. The Hall–Kier alpha value is -11.8. The van der Waals surface area contributed by atoms with Crippen molar-refractivity contribution < 1.29 is 19.1 Å². The molecule has 0 spiro atoms. The molecule has 23 nitrogen and oxygen atoms in total. The second-order valence-corrected chi connectivity index (χ2v) is 27.0. The molecule has 11 heterocycles. The van der Waals surface area contributed by atoms with E-state index in [2.05, 4.69) is 172 Å². The van der Waals surface area contributed by atoms with Crippen LogP contribution in [0.2, 0.25) is 0 Å². The van der Waals surface area contributed by atoms with Gasteiger partial charge in [-0.3, -0.25) is 42.3 Å². The Balaban J connectivity index is 0.000000132. The van der Waals surface area contributed by atoms with E-state index >= 15 is 0 Å². The van der Waals surface area contributed by atoms with Gasteiger partial charge in [0.15, 0.2) is 16.9 Å². The third kappa shape index (κ3) is 14.9. The molecular formula is C80H85N17O6. The molecule has 5 aromatic carbocycles. The van der Waals surface area contributed by atoms with E-state index in [1.807, 2.05) is 111 Å². The number of anilines is 8. The first-order chi connectivity index (χ1) is 50.1. The summed E-state index contributed by atoms with van der Waals surface area (Å²) in [5.74, 6) is 0.477. The zero-order valence-electron chi connectivity index (χ0n) is 58.7. The Morgan fingerprint density at radius 1 is 0.553 bits per heavy atom. The van der Waals surface area contributed by atoms with Crippen molar-refractivity contribution in [1.82, 2.24) is 58.6 Å².